The van der Waals surface area contributed by atoms with E-state index in [-0.39, 0.29) is 30.2 Å². The fourth-order valence-corrected chi connectivity index (χ4v) is 3.86. The van der Waals surface area contributed by atoms with E-state index in [2.05, 4.69) is 9.88 Å². The summed E-state index contributed by atoms with van der Waals surface area (Å²) in [5.74, 6) is -0.207. The van der Waals surface area contributed by atoms with Gasteiger partial charge in [0, 0.05) is 51.2 Å². The van der Waals surface area contributed by atoms with Crippen molar-refractivity contribution in [2.45, 2.75) is 25.1 Å². The van der Waals surface area contributed by atoms with E-state index in [1.165, 1.54) is 5.56 Å². The molecule has 2 saturated heterocycles. The molecule has 1 aromatic rings. The van der Waals surface area contributed by atoms with Gasteiger partial charge < -0.3 is 9.64 Å². The van der Waals surface area contributed by atoms with Crippen LogP contribution in [0.5, 0.6) is 0 Å². The van der Waals surface area contributed by atoms with Gasteiger partial charge in [0.2, 0.25) is 5.91 Å². The summed E-state index contributed by atoms with van der Waals surface area (Å²) in [6.45, 7) is 3.42. The van der Waals surface area contributed by atoms with Crippen LogP contribution in [0.2, 0.25) is 0 Å². The largest absolute Gasteiger partial charge is 0.373 e. The topological polar surface area (TPSA) is 79.8 Å². The number of aromatic nitrogens is 1. The number of amides is 1. The lowest BCUT2D eigenvalue weighted by atomic mass is 10.1. The highest BCUT2D eigenvalue weighted by Crippen LogP contribution is 2.25. The van der Waals surface area contributed by atoms with Crippen molar-refractivity contribution in [1.82, 2.24) is 14.8 Å². The highest BCUT2D eigenvalue weighted by atomic mass is 32.2. The van der Waals surface area contributed by atoms with Crippen molar-refractivity contribution in [1.29, 1.82) is 0 Å². The molecule has 7 nitrogen and oxygen atoms in total. The van der Waals surface area contributed by atoms with Crippen LogP contribution in [-0.2, 0) is 25.9 Å². The summed E-state index contributed by atoms with van der Waals surface area (Å²) < 4.78 is 28.3. The second kappa shape index (κ2) is 7.16. The molecule has 1 aromatic heterocycles. The summed E-state index contributed by atoms with van der Waals surface area (Å²) in [6, 6.07) is 4.15. The molecule has 0 aliphatic carbocycles. The molecule has 132 valence electrons. The Bertz CT molecular complexity index is 680. The molecule has 2 aliphatic heterocycles. The second-order valence-electron chi connectivity index (χ2n) is 6.48. The lowest BCUT2D eigenvalue weighted by molar-refractivity contribution is -0.130. The van der Waals surface area contributed by atoms with Gasteiger partial charge >= 0.3 is 0 Å². The fraction of sp³-hybridized carbons (Fsp3) is 0.625. The second-order valence-corrected chi connectivity index (χ2v) is 8.74. The van der Waals surface area contributed by atoms with Crippen molar-refractivity contribution >= 4 is 15.7 Å². The third-order valence-electron chi connectivity index (χ3n) is 4.59. The van der Waals surface area contributed by atoms with Crippen LogP contribution in [0.1, 0.15) is 12.0 Å². The number of carbonyl (C=O) groups is 1. The molecule has 8 heteroatoms. The van der Waals surface area contributed by atoms with Gasteiger partial charge in [0.25, 0.3) is 0 Å². The van der Waals surface area contributed by atoms with Gasteiger partial charge in [-0.1, -0.05) is 0 Å². The summed E-state index contributed by atoms with van der Waals surface area (Å²) in [4.78, 5) is 20.4. The molecule has 2 fully saturated rings. The van der Waals surface area contributed by atoms with Gasteiger partial charge in [-0.2, -0.15) is 0 Å². The Morgan fingerprint density at radius 2 is 2.08 bits per heavy atom. The van der Waals surface area contributed by atoms with Gasteiger partial charge in [-0.3, -0.25) is 14.7 Å². The van der Waals surface area contributed by atoms with Gasteiger partial charge in [-0.15, -0.1) is 0 Å². The third kappa shape index (κ3) is 4.31. The van der Waals surface area contributed by atoms with Gasteiger partial charge in [-0.25, -0.2) is 8.42 Å². The number of hydrogen-bond donors (Lipinski definition) is 0. The Morgan fingerprint density at radius 3 is 2.79 bits per heavy atom. The molecule has 2 unspecified atom stereocenters. The molecule has 2 atom stereocenters. The quantitative estimate of drug-likeness (QED) is 0.737. The number of sulfone groups is 1. The van der Waals surface area contributed by atoms with Crippen LogP contribution >= 0.6 is 0 Å². The third-order valence-corrected chi connectivity index (χ3v) is 5.54. The SMILES string of the molecule is CS(=O)(=O)CCC(=O)N1CC2OCCN(Cc3ccncc3)C2C1. The molecular weight excluding hydrogens is 330 g/mol. The molecule has 1 amide bonds. The smallest absolute Gasteiger partial charge is 0.223 e. The van der Waals surface area contributed by atoms with Crippen molar-refractivity contribution in [3.05, 3.63) is 30.1 Å². The molecule has 3 rings (SSSR count). The first-order valence-electron chi connectivity index (χ1n) is 8.12. The van der Waals surface area contributed by atoms with Crippen LogP contribution in [0.4, 0.5) is 0 Å². The van der Waals surface area contributed by atoms with Crippen molar-refractivity contribution in [3.8, 4) is 0 Å². The Hall–Kier alpha value is -1.51. The van der Waals surface area contributed by atoms with Crippen LogP contribution in [0.3, 0.4) is 0 Å². The van der Waals surface area contributed by atoms with Crippen LogP contribution in [0.15, 0.2) is 24.5 Å². The van der Waals surface area contributed by atoms with E-state index in [1.54, 1.807) is 17.3 Å². The lowest BCUT2D eigenvalue weighted by Gasteiger charge is -2.36. The fourth-order valence-electron chi connectivity index (χ4n) is 3.31. The standard InChI is InChI=1S/C16H23N3O4S/c1-24(21,22)9-4-16(20)19-11-14-15(12-19)23-8-7-18(14)10-13-2-5-17-6-3-13/h2-3,5-6,14-15H,4,7-12H2,1H3. The number of hydrogen-bond acceptors (Lipinski definition) is 6. The monoisotopic (exact) mass is 353 g/mol. The van der Waals surface area contributed by atoms with E-state index >= 15 is 0 Å². The van der Waals surface area contributed by atoms with Crippen LogP contribution in [0, 0.1) is 0 Å². The van der Waals surface area contributed by atoms with E-state index in [1.807, 2.05) is 12.1 Å². The normalized spacial score (nSPS) is 24.8. The highest BCUT2D eigenvalue weighted by molar-refractivity contribution is 7.90. The number of pyridine rings is 1. The number of likely N-dealkylation sites (tertiary alicyclic amines) is 1. The minimum atomic E-state index is -3.12. The summed E-state index contributed by atoms with van der Waals surface area (Å²) in [5, 5.41) is 0. The van der Waals surface area contributed by atoms with E-state index in [4.69, 9.17) is 4.74 Å². The zero-order valence-electron chi connectivity index (χ0n) is 13.8. The number of rotatable bonds is 5. The average Bonchev–Trinajstić information content (AvgIpc) is 2.98. The van der Waals surface area contributed by atoms with Crippen molar-refractivity contribution in [2.24, 2.45) is 0 Å². The van der Waals surface area contributed by atoms with Crippen LogP contribution in [-0.4, -0.2) is 79.5 Å². The van der Waals surface area contributed by atoms with E-state index in [0.717, 1.165) is 19.3 Å². The van der Waals surface area contributed by atoms with E-state index < -0.39 is 9.84 Å². The Kier molecular flexibility index (Phi) is 5.17. The summed E-state index contributed by atoms with van der Waals surface area (Å²) in [6.07, 6.45) is 4.76. The first kappa shape index (κ1) is 17.3. The number of fused-ring (bicyclic) bond motifs is 1. The molecule has 0 spiro atoms. The minimum absolute atomic E-state index is 0.00257. The summed E-state index contributed by atoms with van der Waals surface area (Å²) in [7, 11) is -3.12. The minimum Gasteiger partial charge on any atom is -0.373 e. The van der Waals surface area contributed by atoms with Crippen molar-refractivity contribution in [2.75, 3.05) is 38.2 Å². The summed E-state index contributed by atoms with van der Waals surface area (Å²) >= 11 is 0. The molecule has 3 heterocycles. The highest BCUT2D eigenvalue weighted by Gasteiger charge is 2.41. The van der Waals surface area contributed by atoms with Crippen molar-refractivity contribution in [3.63, 3.8) is 0 Å². The number of carbonyl (C=O) groups excluding carboxylic acids is 1. The zero-order valence-corrected chi connectivity index (χ0v) is 14.6. The molecule has 2 aliphatic rings. The molecule has 0 N–H and O–H groups in total. The molecule has 0 saturated carbocycles. The first-order chi connectivity index (χ1) is 11.4. The first-order valence-corrected chi connectivity index (χ1v) is 10.2. The predicted molar refractivity (Wildman–Crippen MR) is 89.1 cm³/mol. The molecule has 24 heavy (non-hydrogen) atoms. The van der Waals surface area contributed by atoms with Gasteiger partial charge in [0.05, 0.1) is 24.5 Å². The van der Waals surface area contributed by atoms with E-state index in [9.17, 15) is 13.2 Å². The average molecular weight is 353 g/mol. The van der Waals surface area contributed by atoms with Gasteiger partial charge in [0.1, 0.15) is 9.84 Å². The van der Waals surface area contributed by atoms with E-state index in [0.29, 0.717) is 19.7 Å². The Morgan fingerprint density at radius 1 is 1.33 bits per heavy atom. The van der Waals surface area contributed by atoms with Gasteiger partial charge in [0.15, 0.2) is 0 Å². The maximum atomic E-state index is 12.3. The number of nitrogens with zero attached hydrogens (tertiary/aromatic N) is 3. The zero-order chi connectivity index (χ0) is 17.2. The number of ether oxygens (including phenoxy) is 1. The Labute approximate surface area is 142 Å². The maximum Gasteiger partial charge on any atom is 0.223 e. The molecule has 0 aromatic carbocycles. The molecule has 0 radical (unpaired) electrons. The Balaban J connectivity index is 1.61. The molecular formula is C16H23N3O4S. The van der Waals surface area contributed by atoms with Crippen LogP contribution < -0.4 is 0 Å². The van der Waals surface area contributed by atoms with Gasteiger partial charge in [-0.05, 0) is 17.7 Å². The predicted octanol–water partition coefficient (Wildman–Crippen LogP) is -0.0721. The molecule has 0 bridgehead atoms. The number of morpholine rings is 1. The lowest BCUT2D eigenvalue weighted by Crippen LogP contribution is -2.50. The van der Waals surface area contributed by atoms with Crippen LogP contribution in [0.25, 0.3) is 0 Å². The summed E-state index contributed by atoms with van der Waals surface area (Å²) in [5.41, 5.74) is 1.19. The van der Waals surface area contributed by atoms with Crippen molar-refractivity contribution < 1.29 is 17.9 Å². The maximum absolute atomic E-state index is 12.3.